The standard InChI is InChI=1S/C18H28N2O3/c1-2-13-23-17-9-4-3-7-15(17)14-19-18(22)20-11-6-5-8-16(20)10-12-21/h3-4,7,9,16,21H,2,5-6,8,10-14H2,1H3,(H,19,22). The number of ether oxygens (including phenoxy) is 1. The van der Waals surface area contributed by atoms with Crippen LogP contribution in [0.1, 0.15) is 44.6 Å². The molecule has 2 amide bonds. The molecular weight excluding hydrogens is 292 g/mol. The molecule has 1 atom stereocenters. The number of rotatable bonds is 7. The Labute approximate surface area is 138 Å². The Kier molecular flexibility index (Phi) is 7.20. The number of carbonyl (C=O) groups is 1. The van der Waals surface area contributed by atoms with E-state index in [0.717, 1.165) is 43.5 Å². The van der Waals surface area contributed by atoms with Gasteiger partial charge in [-0.05, 0) is 38.2 Å². The van der Waals surface area contributed by atoms with Crippen LogP contribution in [0.15, 0.2) is 24.3 Å². The lowest BCUT2D eigenvalue weighted by molar-refractivity contribution is 0.131. The zero-order chi connectivity index (χ0) is 16.5. The van der Waals surface area contributed by atoms with Gasteiger partial charge in [-0.3, -0.25) is 0 Å². The summed E-state index contributed by atoms with van der Waals surface area (Å²) in [6, 6.07) is 7.92. The molecule has 0 radical (unpaired) electrons. The van der Waals surface area contributed by atoms with E-state index in [9.17, 15) is 4.79 Å². The molecule has 1 heterocycles. The number of nitrogens with one attached hydrogen (secondary N) is 1. The van der Waals surface area contributed by atoms with Crippen LogP contribution in [0.4, 0.5) is 4.79 Å². The van der Waals surface area contributed by atoms with E-state index in [1.807, 2.05) is 29.2 Å². The van der Waals surface area contributed by atoms with Crippen LogP contribution in [-0.2, 0) is 6.54 Å². The normalized spacial score (nSPS) is 17.8. The van der Waals surface area contributed by atoms with Crippen LogP contribution >= 0.6 is 0 Å². The smallest absolute Gasteiger partial charge is 0.317 e. The van der Waals surface area contributed by atoms with E-state index in [-0.39, 0.29) is 18.7 Å². The molecule has 0 saturated carbocycles. The van der Waals surface area contributed by atoms with Crippen LogP contribution in [0.25, 0.3) is 0 Å². The fourth-order valence-corrected chi connectivity index (χ4v) is 2.99. The van der Waals surface area contributed by atoms with E-state index < -0.39 is 0 Å². The second kappa shape index (κ2) is 9.40. The lowest BCUT2D eigenvalue weighted by atomic mass is 10.0. The highest BCUT2D eigenvalue weighted by Gasteiger charge is 2.26. The zero-order valence-electron chi connectivity index (χ0n) is 14.0. The van der Waals surface area contributed by atoms with Crippen molar-refractivity contribution in [3.8, 4) is 5.75 Å². The number of likely N-dealkylation sites (tertiary alicyclic amines) is 1. The lowest BCUT2D eigenvalue weighted by Crippen LogP contribution is -2.48. The monoisotopic (exact) mass is 320 g/mol. The van der Waals surface area contributed by atoms with Crippen molar-refractivity contribution in [3.05, 3.63) is 29.8 Å². The zero-order valence-corrected chi connectivity index (χ0v) is 14.0. The van der Waals surface area contributed by atoms with Crippen molar-refractivity contribution in [3.63, 3.8) is 0 Å². The van der Waals surface area contributed by atoms with Crippen LogP contribution < -0.4 is 10.1 Å². The predicted octanol–water partition coefficient (Wildman–Crippen LogP) is 2.92. The first-order chi connectivity index (χ1) is 11.3. The van der Waals surface area contributed by atoms with Crippen molar-refractivity contribution in [2.45, 2.75) is 51.6 Å². The molecule has 0 aliphatic carbocycles. The third-order valence-electron chi connectivity index (χ3n) is 4.21. The van der Waals surface area contributed by atoms with Gasteiger partial charge in [0.15, 0.2) is 0 Å². The molecule has 0 bridgehead atoms. The first-order valence-electron chi connectivity index (χ1n) is 8.62. The molecule has 1 saturated heterocycles. The number of nitrogens with zero attached hydrogens (tertiary/aromatic N) is 1. The Morgan fingerprint density at radius 2 is 2.22 bits per heavy atom. The van der Waals surface area contributed by atoms with Crippen LogP contribution in [0.3, 0.4) is 0 Å². The SMILES string of the molecule is CCCOc1ccccc1CNC(=O)N1CCCCC1CCO. The van der Waals surface area contributed by atoms with Gasteiger partial charge in [0, 0.05) is 31.3 Å². The van der Waals surface area contributed by atoms with Gasteiger partial charge in [-0.1, -0.05) is 25.1 Å². The van der Waals surface area contributed by atoms with E-state index in [2.05, 4.69) is 12.2 Å². The van der Waals surface area contributed by atoms with Gasteiger partial charge >= 0.3 is 6.03 Å². The van der Waals surface area contributed by atoms with Crippen molar-refractivity contribution < 1.29 is 14.6 Å². The summed E-state index contributed by atoms with van der Waals surface area (Å²) >= 11 is 0. The quantitative estimate of drug-likeness (QED) is 0.812. The number of carbonyl (C=O) groups excluding carboxylic acids is 1. The van der Waals surface area contributed by atoms with Gasteiger partial charge in [-0.25, -0.2) is 4.79 Å². The first kappa shape index (κ1) is 17.6. The number of aliphatic hydroxyl groups excluding tert-OH is 1. The summed E-state index contributed by atoms with van der Waals surface area (Å²) in [5.41, 5.74) is 0.991. The molecule has 1 unspecified atom stereocenters. The van der Waals surface area contributed by atoms with Gasteiger partial charge < -0.3 is 20.1 Å². The molecule has 1 aromatic carbocycles. The number of hydrogen-bond acceptors (Lipinski definition) is 3. The summed E-state index contributed by atoms with van der Waals surface area (Å²) in [4.78, 5) is 14.3. The Morgan fingerprint density at radius 1 is 1.39 bits per heavy atom. The maximum Gasteiger partial charge on any atom is 0.317 e. The predicted molar refractivity (Wildman–Crippen MR) is 90.5 cm³/mol. The van der Waals surface area contributed by atoms with Crippen LogP contribution in [0.2, 0.25) is 0 Å². The van der Waals surface area contributed by atoms with E-state index in [4.69, 9.17) is 9.84 Å². The minimum Gasteiger partial charge on any atom is -0.493 e. The molecule has 2 N–H and O–H groups in total. The van der Waals surface area contributed by atoms with Gasteiger partial charge in [-0.2, -0.15) is 0 Å². The Hall–Kier alpha value is -1.75. The molecule has 5 heteroatoms. The molecule has 128 valence electrons. The minimum atomic E-state index is -0.0477. The third-order valence-corrected chi connectivity index (χ3v) is 4.21. The summed E-state index contributed by atoms with van der Waals surface area (Å²) in [6.07, 6.45) is 4.75. The van der Waals surface area contributed by atoms with Gasteiger partial charge in [0.25, 0.3) is 0 Å². The Balaban J connectivity index is 1.93. The maximum atomic E-state index is 12.5. The van der Waals surface area contributed by atoms with Gasteiger partial charge in [0.2, 0.25) is 0 Å². The van der Waals surface area contributed by atoms with E-state index in [0.29, 0.717) is 19.6 Å². The third kappa shape index (κ3) is 5.13. The Bertz CT molecular complexity index is 491. The summed E-state index contributed by atoms with van der Waals surface area (Å²) in [5, 5.41) is 12.2. The molecule has 1 aliphatic rings. The highest BCUT2D eigenvalue weighted by atomic mass is 16.5. The molecule has 2 rings (SSSR count). The van der Waals surface area contributed by atoms with Crippen molar-refractivity contribution in [1.29, 1.82) is 0 Å². The molecule has 1 aromatic rings. The maximum absolute atomic E-state index is 12.5. The average molecular weight is 320 g/mol. The van der Waals surface area contributed by atoms with E-state index in [1.165, 1.54) is 0 Å². The summed E-state index contributed by atoms with van der Waals surface area (Å²) < 4.78 is 5.73. The molecule has 0 aromatic heterocycles. The van der Waals surface area contributed by atoms with E-state index >= 15 is 0 Å². The Morgan fingerprint density at radius 3 is 3.00 bits per heavy atom. The molecule has 23 heavy (non-hydrogen) atoms. The number of aliphatic hydroxyl groups is 1. The molecule has 1 fully saturated rings. The lowest BCUT2D eigenvalue weighted by Gasteiger charge is -2.35. The number of piperidine rings is 1. The number of hydrogen-bond donors (Lipinski definition) is 2. The van der Waals surface area contributed by atoms with Crippen molar-refractivity contribution in [2.24, 2.45) is 0 Å². The topological polar surface area (TPSA) is 61.8 Å². The van der Waals surface area contributed by atoms with Crippen LogP contribution in [0.5, 0.6) is 5.75 Å². The average Bonchev–Trinajstić information content (AvgIpc) is 2.59. The second-order valence-corrected chi connectivity index (χ2v) is 5.97. The van der Waals surface area contributed by atoms with Crippen LogP contribution in [-0.4, -0.2) is 41.8 Å². The summed E-state index contributed by atoms with van der Waals surface area (Å²) in [6.45, 7) is 4.10. The fourth-order valence-electron chi connectivity index (χ4n) is 2.99. The molecule has 1 aliphatic heterocycles. The highest BCUT2D eigenvalue weighted by molar-refractivity contribution is 5.74. The molecular formula is C18H28N2O3. The van der Waals surface area contributed by atoms with Gasteiger partial charge in [0.1, 0.15) is 5.75 Å². The summed E-state index contributed by atoms with van der Waals surface area (Å²) in [7, 11) is 0. The molecule has 5 nitrogen and oxygen atoms in total. The van der Waals surface area contributed by atoms with Crippen molar-refractivity contribution >= 4 is 6.03 Å². The number of para-hydroxylation sites is 1. The van der Waals surface area contributed by atoms with Crippen LogP contribution in [0, 0.1) is 0 Å². The van der Waals surface area contributed by atoms with Crippen molar-refractivity contribution in [2.75, 3.05) is 19.8 Å². The van der Waals surface area contributed by atoms with Crippen molar-refractivity contribution in [1.82, 2.24) is 10.2 Å². The number of benzene rings is 1. The fraction of sp³-hybridized carbons (Fsp3) is 0.611. The number of urea groups is 1. The number of amides is 2. The van der Waals surface area contributed by atoms with Gasteiger partial charge in [-0.15, -0.1) is 0 Å². The second-order valence-electron chi connectivity index (χ2n) is 5.97. The highest BCUT2D eigenvalue weighted by Crippen LogP contribution is 2.21. The van der Waals surface area contributed by atoms with Gasteiger partial charge in [0.05, 0.1) is 6.61 Å². The first-order valence-corrected chi connectivity index (χ1v) is 8.62. The summed E-state index contributed by atoms with van der Waals surface area (Å²) in [5.74, 6) is 0.834. The largest absolute Gasteiger partial charge is 0.493 e. The minimum absolute atomic E-state index is 0.0477. The van der Waals surface area contributed by atoms with E-state index in [1.54, 1.807) is 0 Å². The molecule has 0 spiro atoms.